The molecule has 0 unspecified atom stereocenters. The van der Waals surface area contributed by atoms with Crippen molar-refractivity contribution in [2.45, 2.75) is 77.0 Å². The summed E-state index contributed by atoms with van der Waals surface area (Å²) in [5.74, 6) is -2.67. The van der Waals surface area contributed by atoms with E-state index in [-0.39, 0.29) is 18.6 Å². The number of hydrogen-bond acceptors (Lipinski definition) is 3. The van der Waals surface area contributed by atoms with Crippen LogP contribution in [0.5, 0.6) is 0 Å². The van der Waals surface area contributed by atoms with Crippen molar-refractivity contribution in [2.24, 2.45) is 0 Å². The van der Waals surface area contributed by atoms with Gasteiger partial charge in [-0.3, -0.25) is 0 Å². The first-order valence-corrected chi connectivity index (χ1v) is 7.16. The number of carbonyl (C=O) groups excluding carboxylic acids is 1. The van der Waals surface area contributed by atoms with E-state index in [2.05, 4.69) is 10.6 Å². The van der Waals surface area contributed by atoms with Gasteiger partial charge in [0.15, 0.2) is 0 Å². The summed E-state index contributed by atoms with van der Waals surface area (Å²) in [6.07, 6.45) is 2.74. The van der Waals surface area contributed by atoms with Gasteiger partial charge in [0.05, 0.1) is 6.54 Å². The lowest BCUT2D eigenvalue weighted by atomic mass is 9.91. The predicted molar refractivity (Wildman–Crippen MR) is 74.0 cm³/mol. The second-order valence-corrected chi connectivity index (χ2v) is 6.65. The lowest BCUT2D eigenvalue weighted by Crippen LogP contribution is -2.45. The molecule has 1 aliphatic carbocycles. The van der Waals surface area contributed by atoms with E-state index >= 15 is 0 Å². The van der Waals surface area contributed by atoms with Gasteiger partial charge in [0.1, 0.15) is 5.60 Å². The third-order valence-corrected chi connectivity index (χ3v) is 3.15. The molecule has 0 heterocycles. The summed E-state index contributed by atoms with van der Waals surface area (Å²) in [5, 5.41) is 5.71. The number of ether oxygens (including phenoxy) is 1. The topological polar surface area (TPSA) is 50.4 Å². The van der Waals surface area contributed by atoms with Crippen LogP contribution < -0.4 is 10.6 Å². The molecule has 0 aliphatic heterocycles. The molecule has 0 aromatic rings. The summed E-state index contributed by atoms with van der Waals surface area (Å²) >= 11 is 0. The van der Waals surface area contributed by atoms with Crippen LogP contribution in [0.4, 0.5) is 13.6 Å². The monoisotopic (exact) mass is 292 g/mol. The molecule has 2 N–H and O–H groups in total. The standard InChI is InChI=1S/C14H26F2N2O2/c1-13(2,3)20-12(19)18-11-7-5-10(6-8-11)17-9-14(4,15)16/h10-11,17H,5-9H2,1-4H3,(H,18,19). The molecule has 0 aromatic heterocycles. The minimum absolute atomic E-state index is 0.0741. The molecule has 0 aromatic carbocycles. The molecule has 0 spiro atoms. The average molecular weight is 292 g/mol. The van der Waals surface area contributed by atoms with Crippen molar-refractivity contribution in [2.75, 3.05) is 6.54 Å². The summed E-state index contributed by atoms with van der Waals surface area (Å²) in [5.41, 5.74) is -0.504. The molecule has 1 aliphatic rings. The highest BCUT2D eigenvalue weighted by Gasteiger charge is 2.27. The maximum absolute atomic E-state index is 12.7. The molecular formula is C14H26F2N2O2. The van der Waals surface area contributed by atoms with E-state index in [1.165, 1.54) is 0 Å². The fraction of sp³-hybridized carbons (Fsp3) is 0.929. The van der Waals surface area contributed by atoms with E-state index in [0.717, 1.165) is 32.6 Å². The summed E-state index contributed by atoms with van der Waals surface area (Å²) in [7, 11) is 0. The first-order valence-electron chi connectivity index (χ1n) is 7.16. The van der Waals surface area contributed by atoms with Gasteiger partial charge in [-0.25, -0.2) is 13.6 Å². The van der Waals surface area contributed by atoms with E-state index in [4.69, 9.17) is 4.74 Å². The third-order valence-electron chi connectivity index (χ3n) is 3.15. The summed E-state index contributed by atoms with van der Waals surface area (Å²) in [6, 6.07) is 0.183. The van der Waals surface area contributed by atoms with E-state index < -0.39 is 17.6 Å². The SMILES string of the molecule is CC(F)(F)CNC1CCC(NC(=O)OC(C)(C)C)CC1. The highest BCUT2D eigenvalue weighted by Crippen LogP contribution is 2.20. The molecule has 1 rings (SSSR count). The highest BCUT2D eigenvalue weighted by molar-refractivity contribution is 5.68. The van der Waals surface area contributed by atoms with Gasteiger partial charge in [0, 0.05) is 19.0 Å². The Hall–Kier alpha value is -0.910. The van der Waals surface area contributed by atoms with Gasteiger partial charge in [-0.05, 0) is 46.5 Å². The zero-order chi connectivity index (χ0) is 15.4. The van der Waals surface area contributed by atoms with E-state index in [9.17, 15) is 13.6 Å². The Balaban J connectivity index is 2.24. The molecule has 4 nitrogen and oxygen atoms in total. The molecule has 0 saturated heterocycles. The molecule has 20 heavy (non-hydrogen) atoms. The van der Waals surface area contributed by atoms with E-state index in [1.807, 2.05) is 20.8 Å². The molecule has 0 bridgehead atoms. The number of rotatable bonds is 4. The quantitative estimate of drug-likeness (QED) is 0.837. The van der Waals surface area contributed by atoms with Crippen LogP contribution in [0, 0.1) is 0 Å². The van der Waals surface area contributed by atoms with E-state index in [1.54, 1.807) is 0 Å². The smallest absolute Gasteiger partial charge is 0.407 e. The number of alkyl halides is 2. The maximum Gasteiger partial charge on any atom is 0.407 e. The van der Waals surface area contributed by atoms with Gasteiger partial charge in [-0.2, -0.15) is 0 Å². The van der Waals surface area contributed by atoms with Crippen molar-refractivity contribution in [1.29, 1.82) is 0 Å². The average Bonchev–Trinajstić information content (AvgIpc) is 2.24. The van der Waals surface area contributed by atoms with Gasteiger partial charge in [0.25, 0.3) is 5.92 Å². The van der Waals surface area contributed by atoms with Crippen LogP contribution in [0.1, 0.15) is 53.4 Å². The normalized spacial score (nSPS) is 24.3. The largest absolute Gasteiger partial charge is 0.444 e. The first-order chi connectivity index (χ1) is 9.05. The molecule has 1 saturated carbocycles. The summed E-state index contributed by atoms with van der Waals surface area (Å²) in [4.78, 5) is 11.6. The summed E-state index contributed by atoms with van der Waals surface area (Å²) in [6.45, 7) is 6.08. The second-order valence-electron chi connectivity index (χ2n) is 6.65. The van der Waals surface area contributed by atoms with Crippen LogP contribution in [-0.4, -0.2) is 36.2 Å². The lowest BCUT2D eigenvalue weighted by Gasteiger charge is -2.31. The Kier molecular flexibility index (Phi) is 5.74. The maximum atomic E-state index is 12.7. The number of carbonyl (C=O) groups is 1. The summed E-state index contributed by atoms with van der Waals surface area (Å²) < 4.78 is 30.7. The Morgan fingerprint density at radius 2 is 1.60 bits per heavy atom. The van der Waals surface area contributed by atoms with Crippen LogP contribution in [0.15, 0.2) is 0 Å². The second kappa shape index (κ2) is 6.70. The van der Waals surface area contributed by atoms with Crippen LogP contribution in [0.3, 0.4) is 0 Å². The first kappa shape index (κ1) is 17.1. The minimum atomic E-state index is -2.67. The Labute approximate surface area is 119 Å². The van der Waals surface area contributed by atoms with Crippen LogP contribution in [-0.2, 0) is 4.74 Å². The molecule has 0 radical (unpaired) electrons. The molecule has 6 heteroatoms. The number of amides is 1. The van der Waals surface area contributed by atoms with Crippen molar-refractivity contribution >= 4 is 6.09 Å². The number of hydrogen-bond donors (Lipinski definition) is 2. The minimum Gasteiger partial charge on any atom is -0.444 e. The van der Waals surface area contributed by atoms with Crippen LogP contribution in [0.25, 0.3) is 0 Å². The molecule has 1 amide bonds. The third kappa shape index (κ3) is 7.62. The number of nitrogens with one attached hydrogen (secondary N) is 2. The zero-order valence-corrected chi connectivity index (χ0v) is 12.8. The van der Waals surface area contributed by atoms with Crippen LogP contribution >= 0.6 is 0 Å². The fourth-order valence-electron chi connectivity index (χ4n) is 2.24. The molecule has 0 atom stereocenters. The Morgan fingerprint density at radius 1 is 1.10 bits per heavy atom. The Bertz CT molecular complexity index is 316. The van der Waals surface area contributed by atoms with Gasteiger partial charge >= 0.3 is 6.09 Å². The van der Waals surface area contributed by atoms with Crippen molar-refractivity contribution in [3.05, 3.63) is 0 Å². The number of alkyl carbamates (subject to hydrolysis) is 1. The molecule has 1 fully saturated rings. The van der Waals surface area contributed by atoms with Gasteiger partial charge < -0.3 is 15.4 Å². The van der Waals surface area contributed by atoms with Crippen LogP contribution in [0.2, 0.25) is 0 Å². The lowest BCUT2D eigenvalue weighted by molar-refractivity contribution is 0.0183. The molecule has 118 valence electrons. The van der Waals surface area contributed by atoms with Crippen molar-refractivity contribution in [1.82, 2.24) is 10.6 Å². The Morgan fingerprint density at radius 3 is 2.05 bits per heavy atom. The van der Waals surface area contributed by atoms with Crippen molar-refractivity contribution in [3.63, 3.8) is 0 Å². The van der Waals surface area contributed by atoms with Gasteiger partial charge in [-0.1, -0.05) is 0 Å². The predicted octanol–water partition coefficient (Wildman–Crippen LogP) is 3.07. The number of halogens is 2. The zero-order valence-electron chi connectivity index (χ0n) is 12.8. The highest BCUT2D eigenvalue weighted by atomic mass is 19.3. The molecular weight excluding hydrogens is 266 g/mol. The van der Waals surface area contributed by atoms with E-state index in [0.29, 0.717) is 0 Å². The van der Waals surface area contributed by atoms with Gasteiger partial charge in [0.2, 0.25) is 0 Å². The fourth-order valence-corrected chi connectivity index (χ4v) is 2.24. The van der Waals surface area contributed by atoms with Gasteiger partial charge in [-0.15, -0.1) is 0 Å². The van der Waals surface area contributed by atoms with Crippen molar-refractivity contribution in [3.8, 4) is 0 Å². The van der Waals surface area contributed by atoms with Crippen molar-refractivity contribution < 1.29 is 18.3 Å².